The number of aromatic nitrogens is 3. The Balaban J connectivity index is 2.35. The van der Waals surface area contributed by atoms with Crippen molar-refractivity contribution in [3.8, 4) is 0 Å². The summed E-state index contributed by atoms with van der Waals surface area (Å²) in [6.45, 7) is 1.76. The van der Waals surface area contributed by atoms with E-state index in [4.69, 9.17) is 11.6 Å². The number of aliphatic hydroxyl groups excluding tert-OH is 1. The van der Waals surface area contributed by atoms with Crippen molar-refractivity contribution in [2.24, 2.45) is 0 Å². The van der Waals surface area contributed by atoms with E-state index >= 15 is 0 Å². The molecule has 0 aliphatic carbocycles. The second-order valence-corrected chi connectivity index (χ2v) is 5.44. The second-order valence-electron chi connectivity index (χ2n) is 5.10. The van der Waals surface area contributed by atoms with Gasteiger partial charge in [-0.15, -0.1) is 0 Å². The van der Waals surface area contributed by atoms with E-state index in [9.17, 15) is 5.11 Å². The standard InChI is InChI=1S/C14H18ClN5O/c1-14(9-21,10-7-5-4-6-8-10)19-12-16-11(15)17-13(18-12)20(2)3/h4-8,21H,9H2,1-3H3,(H,16,17,18,19). The zero-order chi connectivity index (χ0) is 15.5. The molecule has 1 aromatic heterocycles. The fraction of sp³-hybridized carbons (Fsp3) is 0.357. The Bertz CT molecular complexity index is 608. The number of halogens is 1. The minimum absolute atomic E-state index is 0.101. The van der Waals surface area contributed by atoms with Gasteiger partial charge in [-0.2, -0.15) is 15.0 Å². The maximum atomic E-state index is 9.77. The molecule has 0 amide bonds. The van der Waals surface area contributed by atoms with Gasteiger partial charge in [0, 0.05) is 14.1 Å². The van der Waals surface area contributed by atoms with Crippen molar-refractivity contribution in [2.45, 2.75) is 12.5 Å². The number of nitrogens with one attached hydrogen (secondary N) is 1. The number of nitrogens with zero attached hydrogens (tertiary/aromatic N) is 4. The molecule has 2 aromatic rings. The number of benzene rings is 1. The lowest BCUT2D eigenvalue weighted by Crippen LogP contribution is -2.36. The highest BCUT2D eigenvalue weighted by Gasteiger charge is 2.27. The zero-order valence-electron chi connectivity index (χ0n) is 12.2. The fourth-order valence-electron chi connectivity index (χ4n) is 1.85. The Morgan fingerprint density at radius 2 is 1.86 bits per heavy atom. The molecule has 6 nitrogen and oxygen atoms in total. The first-order chi connectivity index (χ1) is 9.94. The van der Waals surface area contributed by atoms with Crippen LogP contribution in [0.2, 0.25) is 5.28 Å². The number of anilines is 2. The molecular formula is C14H18ClN5O. The lowest BCUT2D eigenvalue weighted by atomic mass is 9.93. The number of aliphatic hydroxyl groups is 1. The molecule has 1 atom stereocenters. The van der Waals surface area contributed by atoms with E-state index in [1.807, 2.05) is 51.4 Å². The third-order valence-corrected chi connectivity index (χ3v) is 3.28. The van der Waals surface area contributed by atoms with Gasteiger partial charge in [0.05, 0.1) is 12.1 Å². The van der Waals surface area contributed by atoms with Crippen LogP contribution in [0.15, 0.2) is 30.3 Å². The van der Waals surface area contributed by atoms with Crippen molar-refractivity contribution in [3.05, 3.63) is 41.2 Å². The van der Waals surface area contributed by atoms with Crippen LogP contribution in [0.1, 0.15) is 12.5 Å². The van der Waals surface area contributed by atoms with Crippen molar-refractivity contribution in [2.75, 3.05) is 30.9 Å². The van der Waals surface area contributed by atoms with Gasteiger partial charge in [-0.1, -0.05) is 30.3 Å². The molecule has 0 saturated carbocycles. The minimum atomic E-state index is -0.713. The number of hydrogen-bond donors (Lipinski definition) is 2. The molecule has 0 spiro atoms. The summed E-state index contributed by atoms with van der Waals surface area (Å²) in [6, 6.07) is 9.61. The van der Waals surface area contributed by atoms with Crippen LogP contribution < -0.4 is 10.2 Å². The summed E-state index contributed by atoms with van der Waals surface area (Å²) in [6.07, 6.45) is 0. The Morgan fingerprint density at radius 1 is 1.19 bits per heavy atom. The Hall–Kier alpha value is -1.92. The van der Waals surface area contributed by atoms with Crippen LogP contribution in [0.3, 0.4) is 0 Å². The molecule has 0 saturated heterocycles. The molecule has 1 heterocycles. The quantitative estimate of drug-likeness (QED) is 0.879. The van der Waals surface area contributed by atoms with Gasteiger partial charge in [0.2, 0.25) is 17.2 Å². The summed E-state index contributed by atoms with van der Waals surface area (Å²) < 4.78 is 0. The summed E-state index contributed by atoms with van der Waals surface area (Å²) in [7, 11) is 3.63. The van der Waals surface area contributed by atoms with Crippen LogP contribution in [0, 0.1) is 0 Å². The average Bonchev–Trinajstić information content (AvgIpc) is 2.47. The first-order valence-electron chi connectivity index (χ1n) is 6.48. The lowest BCUT2D eigenvalue weighted by Gasteiger charge is -2.29. The van der Waals surface area contributed by atoms with Crippen LogP contribution >= 0.6 is 11.6 Å². The van der Waals surface area contributed by atoms with E-state index < -0.39 is 5.54 Å². The Morgan fingerprint density at radius 3 is 2.43 bits per heavy atom. The summed E-state index contributed by atoms with van der Waals surface area (Å²) in [5.41, 5.74) is 0.214. The highest BCUT2D eigenvalue weighted by Crippen LogP contribution is 2.25. The molecular weight excluding hydrogens is 290 g/mol. The molecule has 0 fully saturated rings. The maximum Gasteiger partial charge on any atom is 0.230 e. The van der Waals surface area contributed by atoms with Crippen LogP contribution in [-0.2, 0) is 5.54 Å². The topological polar surface area (TPSA) is 74.2 Å². The fourth-order valence-corrected chi connectivity index (χ4v) is 2.01. The van der Waals surface area contributed by atoms with E-state index in [-0.39, 0.29) is 11.9 Å². The number of hydrogen-bond acceptors (Lipinski definition) is 6. The zero-order valence-corrected chi connectivity index (χ0v) is 13.0. The average molecular weight is 308 g/mol. The molecule has 2 N–H and O–H groups in total. The predicted octanol–water partition coefficient (Wildman–Crippen LogP) is 1.91. The van der Waals surface area contributed by atoms with E-state index in [1.54, 1.807) is 4.90 Å². The molecule has 7 heteroatoms. The summed E-state index contributed by atoms with van der Waals surface area (Å²) >= 11 is 5.92. The molecule has 21 heavy (non-hydrogen) atoms. The molecule has 1 unspecified atom stereocenters. The van der Waals surface area contributed by atoms with Gasteiger partial charge < -0.3 is 15.3 Å². The van der Waals surface area contributed by atoms with E-state index in [0.717, 1.165) is 5.56 Å². The smallest absolute Gasteiger partial charge is 0.230 e. The minimum Gasteiger partial charge on any atom is -0.394 e. The second kappa shape index (κ2) is 6.24. The van der Waals surface area contributed by atoms with Crippen LogP contribution in [-0.4, -0.2) is 40.8 Å². The van der Waals surface area contributed by atoms with Crippen molar-refractivity contribution >= 4 is 23.5 Å². The molecule has 112 valence electrons. The highest BCUT2D eigenvalue weighted by molar-refractivity contribution is 6.28. The van der Waals surface area contributed by atoms with Crippen molar-refractivity contribution in [3.63, 3.8) is 0 Å². The third-order valence-electron chi connectivity index (χ3n) is 3.11. The molecule has 2 rings (SSSR count). The van der Waals surface area contributed by atoms with Crippen LogP contribution in [0.4, 0.5) is 11.9 Å². The monoisotopic (exact) mass is 307 g/mol. The van der Waals surface area contributed by atoms with Gasteiger partial charge in [-0.25, -0.2) is 0 Å². The van der Waals surface area contributed by atoms with Gasteiger partial charge in [0.1, 0.15) is 0 Å². The summed E-state index contributed by atoms with van der Waals surface area (Å²) in [4.78, 5) is 14.1. The normalized spacial score (nSPS) is 13.6. The van der Waals surface area contributed by atoms with Gasteiger partial charge in [0.15, 0.2) is 0 Å². The molecule has 0 aliphatic rings. The van der Waals surface area contributed by atoms with Crippen molar-refractivity contribution < 1.29 is 5.11 Å². The molecule has 0 radical (unpaired) electrons. The van der Waals surface area contributed by atoms with Crippen LogP contribution in [0.5, 0.6) is 0 Å². The van der Waals surface area contributed by atoms with Crippen molar-refractivity contribution in [1.82, 2.24) is 15.0 Å². The van der Waals surface area contributed by atoms with Gasteiger partial charge >= 0.3 is 0 Å². The third kappa shape index (κ3) is 3.59. The first kappa shape index (κ1) is 15.5. The Kier molecular flexibility index (Phi) is 4.59. The Labute approximate surface area is 128 Å². The molecule has 1 aromatic carbocycles. The predicted molar refractivity (Wildman–Crippen MR) is 83.7 cm³/mol. The van der Waals surface area contributed by atoms with E-state index in [2.05, 4.69) is 20.3 Å². The van der Waals surface area contributed by atoms with Gasteiger partial charge in [-0.3, -0.25) is 0 Å². The van der Waals surface area contributed by atoms with E-state index in [0.29, 0.717) is 11.9 Å². The molecule has 0 bridgehead atoms. The first-order valence-corrected chi connectivity index (χ1v) is 6.86. The van der Waals surface area contributed by atoms with E-state index in [1.165, 1.54) is 0 Å². The highest BCUT2D eigenvalue weighted by atomic mass is 35.5. The largest absolute Gasteiger partial charge is 0.394 e. The number of rotatable bonds is 5. The molecule has 0 aliphatic heterocycles. The summed E-state index contributed by atoms with van der Waals surface area (Å²) in [5.74, 6) is 0.768. The van der Waals surface area contributed by atoms with Gasteiger partial charge in [0.25, 0.3) is 0 Å². The van der Waals surface area contributed by atoms with Crippen LogP contribution in [0.25, 0.3) is 0 Å². The maximum absolute atomic E-state index is 9.77. The summed E-state index contributed by atoms with van der Waals surface area (Å²) in [5, 5.41) is 13.0. The van der Waals surface area contributed by atoms with Crippen molar-refractivity contribution in [1.29, 1.82) is 0 Å². The SMILES string of the molecule is CN(C)c1nc(Cl)nc(NC(C)(CO)c2ccccc2)n1. The van der Waals surface area contributed by atoms with Gasteiger partial charge in [-0.05, 0) is 24.1 Å². The lowest BCUT2D eigenvalue weighted by molar-refractivity contribution is 0.223.